The highest BCUT2D eigenvalue weighted by Gasteiger charge is 2.18. The van der Waals surface area contributed by atoms with Gasteiger partial charge in [-0.3, -0.25) is 9.69 Å². The Morgan fingerprint density at radius 2 is 1.96 bits per heavy atom. The highest BCUT2D eigenvalue weighted by molar-refractivity contribution is 7.09. The molecule has 7 heteroatoms. The number of thiophene rings is 1. The molecule has 0 saturated carbocycles. The van der Waals surface area contributed by atoms with E-state index in [-0.39, 0.29) is 5.56 Å². The van der Waals surface area contributed by atoms with E-state index in [9.17, 15) is 4.79 Å². The van der Waals surface area contributed by atoms with E-state index in [0.29, 0.717) is 11.4 Å². The van der Waals surface area contributed by atoms with Crippen molar-refractivity contribution < 1.29 is 0 Å². The molecule has 0 aromatic carbocycles. The Balaban J connectivity index is 1.42. The zero-order valence-electron chi connectivity index (χ0n) is 15.6. The summed E-state index contributed by atoms with van der Waals surface area (Å²) in [6.45, 7) is 8.67. The number of rotatable bonds is 4. The van der Waals surface area contributed by atoms with E-state index in [0.717, 1.165) is 49.8 Å². The van der Waals surface area contributed by atoms with Crippen molar-refractivity contribution in [3.8, 4) is 11.4 Å². The molecule has 0 aliphatic carbocycles. The molecule has 0 spiro atoms. The first-order valence-corrected chi connectivity index (χ1v) is 10.0. The molecule has 4 heterocycles. The molecule has 27 heavy (non-hydrogen) atoms. The first-order chi connectivity index (χ1) is 13.1. The maximum atomic E-state index is 12.0. The quantitative estimate of drug-likeness (QED) is 0.753. The molecule has 6 nitrogen and oxygen atoms in total. The topological polar surface area (TPSA) is 65.1 Å². The summed E-state index contributed by atoms with van der Waals surface area (Å²) in [5.74, 6) is 1.55. The molecule has 0 unspecified atom stereocenters. The van der Waals surface area contributed by atoms with Crippen molar-refractivity contribution >= 4 is 17.2 Å². The van der Waals surface area contributed by atoms with Gasteiger partial charge in [0, 0.05) is 60.6 Å². The number of H-pyrrole nitrogens is 1. The van der Waals surface area contributed by atoms with Crippen molar-refractivity contribution in [2.75, 3.05) is 31.1 Å². The van der Waals surface area contributed by atoms with Gasteiger partial charge >= 0.3 is 0 Å². The summed E-state index contributed by atoms with van der Waals surface area (Å²) in [6, 6.07) is 8.30. The highest BCUT2D eigenvalue weighted by atomic mass is 32.1. The number of aromatic amines is 1. The van der Waals surface area contributed by atoms with Gasteiger partial charge in [-0.05, 0) is 37.4 Å². The molecule has 1 N–H and O–H groups in total. The minimum atomic E-state index is -0.0940. The number of aromatic nitrogens is 3. The van der Waals surface area contributed by atoms with Crippen molar-refractivity contribution in [2.24, 2.45) is 0 Å². The Kier molecular flexibility index (Phi) is 5.05. The van der Waals surface area contributed by atoms with Crippen LogP contribution in [0, 0.1) is 13.8 Å². The molecule has 1 fully saturated rings. The van der Waals surface area contributed by atoms with Gasteiger partial charge in [0.2, 0.25) is 0 Å². The first-order valence-electron chi connectivity index (χ1n) is 9.14. The van der Waals surface area contributed by atoms with Crippen LogP contribution < -0.4 is 10.5 Å². The zero-order chi connectivity index (χ0) is 18.8. The van der Waals surface area contributed by atoms with Crippen LogP contribution in [0.5, 0.6) is 0 Å². The fourth-order valence-electron chi connectivity index (χ4n) is 3.25. The summed E-state index contributed by atoms with van der Waals surface area (Å²) >= 11 is 1.82. The summed E-state index contributed by atoms with van der Waals surface area (Å²) in [6.07, 6.45) is 1.79. The molecule has 3 aromatic heterocycles. The summed E-state index contributed by atoms with van der Waals surface area (Å²) in [5, 5.41) is 2.13. The molecule has 1 saturated heterocycles. The third kappa shape index (κ3) is 3.94. The third-order valence-corrected chi connectivity index (χ3v) is 5.93. The average molecular weight is 382 g/mol. The predicted octanol–water partition coefficient (Wildman–Crippen LogP) is 2.83. The minimum absolute atomic E-state index is 0.0940. The van der Waals surface area contributed by atoms with E-state index >= 15 is 0 Å². The number of hydrogen-bond acceptors (Lipinski definition) is 6. The minimum Gasteiger partial charge on any atom is -0.354 e. The molecular weight excluding hydrogens is 358 g/mol. The first kappa shape index (κ1) is 17.9. The van der Waals surface area contributed by atoms with Crippen molar-refractivity contribution in [3.05, 3.63) is 62.3 Å². The number of anilines is 1. The number of nitrogens with one attached hydrogen (secondary N) is 1. The summed E-state index contributed by atoms with van der Waals surface area (Å²) < 4.78 is 0. The summed E-state index contributed by atoms with van der Waals surface area (Å²) in [5.41, 5.74) is 2.14. The van der Waals surface area contributed by atoms with Crippen LogP contribution >= 0.6 is 11.3 Å². The average Bonchev–Trinajstić information content (AvgIpc) is 3.19. The maximum absolute atomic E-state index is 12.0. The fraction of sp³-hybridized carbons (Fsp3) is 0.350. The summed E-state index contributed by atoms with van der Waals surface area (Å²) in [4.78, 5) is 30.1. The van der Waals surface area contributed by atoms with E-state index in [1.165, 1.54) is 4.88 Å². The van der Waals surface area contributed by atoms with Crippen LogP contribution in [0.4, 0.5) is 5.82 Å². The SMILES string of the molecule is Cc1nc(-c2ccc(N3CCN(Cc4cccs4)CC3)nc2)[nH]c(=O)c1C. The molecule has 0 bridgehead atoms. The number of nitrogens with zero attached hydrogens (tertiary/aromatic N) is 4. The summed E-state index contributed by atoms with van der Waals surface area (Å²) in [7, 11) is 0. The monoisotopic (exact) mass is 381 g/mol. The zero-order valence-corrected chi connectivity index (χ0v) is 16.4. The van der Waals surface area contributed by atoms with Crippen LogP contribution in [0.15, 0.2) is 40.6 Å². The lowest BCUT2D eigenvalue weighted by atomic mass is 10.2. The van der Waals surface area contributed by atoms with Crippen molar-refractivity contribution in [1.29, 1.82) is 0 Å². The van der Waals surface area contributed by atoms with E-state index in [4.69, 9.17) is 0 Å². The standard InChI is InChI=1S/C20H23N5OS/c1-14-15(2)22-19(23-20(14)26)16-5-6-18(21-12-16)25-9-7-24(8-10-25)13-17-4-3-11-27-17/h3-6,11-12H,7-10,13H2,1-2H3,(H,22,23,26). The molecule has 140 valence electrons. The molecule has 1 aliphatic rings. The molecule has 0 radical (unpaired) electrons. The van der Waals surface area contributed by atoms with Crippen LogP contribution in [0.25, 0.3) is 11.4 Å². The highest BCUT2D eigenvalue weighted by Crippen LogP contribution is 2.20. The van der Waals surface area contributed by atoms with E-state index in [1.54, 1.807) is 13.1 Å². The number of pyridine rings is 1. The van der Waals surface area contributed by atoms with Gasteiger partial charge in [0.05, 0.1) is 0 Å². The maximum Gasteiger partial charge on any atom is 0.254 e. The second-order valence-electron chi connectivity index (χ2n) is 6.87. The largest absolute Gasteiger partial charge is 0.354 e. The van der Waals surface area contributed by atoms with Gasteiger partial charge in [-0.25, -0.2) is 9.97 Å². The lowest BCUT2D eigenvalue weighted by molar-refractivity contribution is 0.251. The lowest BCUT2D eigenvalue weighted by Crippen LogP contribution is -2.46. The van der Waals surface area contributed by atoms with E-state index < -0.39 is 0 Å². The Morgan fingerprint density at radius 1 is 1.15 bits per heavy atom. The molecular formula is C20H23N5OS. The molecule has 1 aliphatic heterocycles. The molecule has 0 atom stereocenters. The normalized spacial score (nSPS) is 15.3. The number of piperazine rings is 1. The Morgan fingerprint density at radius 3 is 2.59 bits per heavy atom. The number of aryl methyl sites for hydroxylation is 1. The van der Waals surface area contributed by atoms with E-state index in [2.05, 4.69) is 42.3 Å². The fourth-order valence-corrected chi connectivity index (χ4v) is 4.00. The Hall–Kier alpha value is -2.51. The van der Waals surface area contributed by atoms with Crippen LogP contribution in [-0.4, -0.2) is 46.0 Å². The van der Waals surface area contributed by atoms with Gasteiger partial charge < -0.3 is 9.88 Å². The number of hydrogen-bond donors (Lipinski definition) is 1. The van der Waals surface area contributed by atoms with Gasteiger partial charge in [0.1, 0.15) is 11.6 Å². The van der Waals surface area contributed by atoms with Gasteiger partial charge in [0.25, 0.3) is 5.56 Å². The van der Waals surface area contributed by atoms with Crippen molar-refractivity contribution in [1.82, 2.24) is 19.9 Å². The van der Waals surface area contributed by atoms with Crippen molar-refractivity contribution in [2.45, 2.75) is 20.4 Å². The second kappa shape index (κ2) is 7.62. The van der Waals surface area contributed by atoms with Gasteiger partial charge in [0.15, 0.2) is 0 Å². The third-order valence-electron chi connectivity index (χ3n) is 5.07. The Bertz CT molecular complexity index is 957. The van der Waals surface area contributed by atoms with Gasteiger partial charge in [-0.1, -0.05) is 6.07 Å². The second-order valence-corrected chi connectivity index (χ2v) is 7.90. The lowest BCUT2D eigenvalue weighted by Gasteiger charge is -2.35. The smallest absolute Gasteiger partial charge is 0.254 e. The molecule has 0 amide bonds. The van der Waals surface area contributed by atoms with Crippen molar-refractivity contribution in [3.63, 3.8) is 0 Å². The van der Waals surface area contributed by atoms with Crippen LogP contribution in [0.2, 0.25) is 0 Å². The predicted molar refractivity (Wildman–Crippen MR) is 109 cm³/mol. The van der Waals surface area contributed by atoms with Gasteiger partial charge in [-0.15, -0.1) is 11.3 Å². The molecule has 3 aromatic rings. The Labute approximate surface area is 162 Å². The van der Waals surface area contributed by atoms with Crippen LogP contribution in [0.1, 0.15) is 16.1 Å². The van der Waals surface area contributed by atoms with Crippen LogP contribution in [0.3, 0.4) is 0 Å². The molecule has 4 rings (SSSR count). The van der Waals surface area contributed by atoms with Crippen LogP contribution in [-0.2, 0) is 6.54 Å². The van der Waals surface area contributed by atoms with Gasteiger partial charge in [-0.2, -0.15) is 0 Å². The van der Waals surface area contributed by atoms with E-state index in [1.807, 2.05) is 30.4 Å².